The summed E-state index contributed by atoms with van der Waals surface area (Å²) >= 11 is 0. The van der Waals surface area contributed by atoms with Crippen LogP contribution in [0.1, 0.15) is 50.6 Å². The van der Waals surface area contributed by atoms with Crippen molar-refractivity contribution in [2.45, 2.75) is 50.7 Å². The zero-order valence-electron chi connectivity index (χ0n) is 17.9. The van der Waals surface area contributed by atoms with Crippen LogP contribution in [-0.2, 0) is 14.6 Å². The summed E-state index contributed by atoms with van der Waals surface area (Å²) in [5.41, 5.74) is 1.10. The van der Waals surface area contributed by atoms with Crippen molar-refractivity contribution in [3.8, 4) is 5.75 Å². The monoisotopic (exact) mass is 551 g/mol. The molecule has 1 aromatic rings. The second-order valence-electron chi connectivity index (χ2n) is 7.93. The van der Waals surface area contributed by atoms with Crippen LogP contribution >= 0.6 is 24.0 Å². The van der Waals surface area contributed by atoms with E-state index in [4.69, 9.17) is 9.47 Å². The van der Waals surface area contributed by atoms with E-state index >= 15 is 0 Å². The average molecular weight is 551 g/mol. The summed E-state index contributed by atoms with van der Waals surface area (Å²) in [5.74, 6) is 1.75. The number of benzene rings is 1. The van der Waals surface area contributed by atoms with Gasteiger partial charge in [0.05, 0.1) is 31.6 Å². The lowest BCUT2D eigenvalue weighted by Gasteiger charge is -2.40. The molecule has 1 spiro atoms. The molecular formula is C21H34IN3O4S. The van der Waals surface area contributed by atoms with Crippen molar-refractivity contribution >= 4 is 39.8 Å². The maximum atomic E-state index is 11.1. The number of fused-ring (bicyclic) bond motifs is 1. The molecule has 0 radical (unpaired) electrons. The minimum atomic E-state index is -2.99. The topological polar surface area (TPSA) is 89.0 Å². The first kappa shape index (κ1) is 25.2. The number of guanidine groups is 1. The van der Waals surface area contributed by atoms with E-state index in [-0.39, 0.29) is 48.0 Å². The smallest absolute Gasteiger partial charge is 0.191 e. The van der Waals surface area contributed by atoms with Gasteiger partial charge in [0, 0.05) is 24.8 Å². The summed E-state index contributed by atoms with van der Waals surface area (Å²) in [6.07, 6.45) is 6.77. The van der Waals surface area contributed by atoms with E-state index in [9.17, 15) is 8.42 Å². The Morgan fingerprint density at radius 3 is 2.70 bits per heavy atom. The summed E-state index contributed by atoms with van der Waals surface area (Å²) < 4.78 is 34.1. The van der Waals surface area contributed by atoms with E-state index in [1.54, 1.807) is 0 Å². The molecule has 1 unspecified atom stereocenters. The Kier molecular flexibility index (Phi) is 9.67. The fourth-order valence-corrected chi connectivity index (χ4v) is 4.51. The predicted octanol–water partition coefficient (Wildman–Crippen LogP) is 3.06. The Morgan fingerprint density at radius 1 is 1.27 bits per heavy atom. The van der Waals surface area contributed by atoms with Gasteiger partial charge in [0.2, 0.25) is 0 Å². The molecule has 170 valence electrons. The number of sulfone groups is 1. The van der Waals surface area contributed by atoms with E-state index in [1.807, 2.05) is 19.1 Å². The van der Waals surface area contributed by atoms with E-state index < -0.39 is 9.84 Å². The number of aliphatic imine (C=N–C) groups is 1. The summed E-state index contributed by atoms with van der Waals surface area (Å²) in [7, 11) is -2.99. The lowest BCUT2D eigenvalue weighted by atomic mass is 9.86. The number of ether oxygens (including phenoxy) is 2. The van der Waals surface area contributed by atoms with Gasteiger partial charge < -0.3 is 20.1 Å². The second-order valence-corrected chi connectivity index (χ2v) is 10.2. The Hall–Kier alpha value is -1.07. The van der Waals surface area contributed by atoms with Crippen LogP contribution in [0.2, 0.25) is 0 Å². The summed E-state index contributed by atoms with van der Waals surface area (Å²) in [6, 6.07) is 8.39. The van der Waals surface area contributed by atoms with Gasteiger partial charge in [-0.3, -0.25) is 4.99 Å². The molecule has 1 saturated carbocycles. The van der Waals surface area contributed by atoms with Gasteiger partial charge in [-0.1, -0.05) is 18.2 Å². The van der Waals surface area contributed by atoms with Gasteiger partial charge in [-0.15, -0.1) is 24.0 Å². The zero-order valence-corrected chi connectivity index (χ0v) is 21.0. The lowest BCUT2D eigenvalue weighted by molar-refractivity contribution is 0.0396. The molecule has 1 fully saturated rings. The molecule has 9 heteroatoms. The standard InChI is InChI=1S/C21H33N3O4S.HI/c1-3-22-20(23-12-13-27-14-15-29(2,25)26)24-18-16-21(10-6-7-11-21)28-19-9-5-4-8-17(18)19;/h4-5,8-9,18H,3,6-7,10-16H2,1-2H3,(H2,22,23,24);1H. The first-order valence-corrected chi connectivity index (χ1v) is 12.6. The van der Waals surface area contributed by atoms with E-state index in [1.165, 1.54) is 24.7 Å². The van der Waals surface area contributed by atoms with Crippen molar-refractivity contribution in [3.63, 3.8) is 0 Å². The van der Waals surface area contributed by atoms with Gasteiger partial charge in [0.1, 0.15) is 21.2 Å². The number of halogens is 1. The number of para-hydroxylation sites is 1. The van der Waals surface area contributed by atoms with Gasteiger partial charge >= 0.3 is 0 Å². The molecule has 1 atom stereocenters. The molecule has 1 heterocycles. The second kappa shape index (κ2) is 11.5. The van der Waals surface area contributed by atoms with Crippen molar-refractivity contribution in [2.75, 3.05) is 38.3 Å². The first-order valence-electron chi connectivity index (χ1n) is 10.5. The molecular weight excluding hydrogens is 517 g/mol. The predicted molar refractivity (Wildman–Crippen MR) is 131 cm³/mol. The third-order valence-electron chi connectivity index (χ3n) is 5.47. The van der Waals surface area contributed by atoms with Crippen LogP contribution in [0, 0.1) is 0 Å². The van der Waals surface area contributed by atoms with Crippen LogP contribution in [-0.4, -0.2) is 58.3 Å². The number of hydrogen-bond acceptors (Lipinski definition) is 5. The Balaban J connectivity index is 0.00000320. The van der Waals surface area contributed by atoms with Crippen LogP contribution in [0.15, 0.2) is 29.3 Å². The summed E-state index contributed by atoms with van der Waals surface area (Å²) in [5, 5.41) is 6.89. The van der Waals surface area contributed by atoms with Crippen molar-refractivity contribution in [1.29, 1.82) is 0 Å². The molecule has 30 heavy (non-hydrogen) atoms. The van der Waals surface area contributed by atoms with Gasteiger partial charge in [-0.25, -0.2) is 8.42 Å². The van der Waals surface area contributed by atoms with E-state index in [0.717, 1.165) is 37.5 Å². The van der Waals surface area contributed by atoms with Crippen molar-refractivity contribution in [3.05, 3.63) is 29.8 Å². The molecule has 0 aromatic heterocycles. The number of hydrogen-bond donors (Lipinski definition) is 2. The van der Waals surface area contributed by atoms with Crippen molar-refractivity contribution < 1.29 is 17.9 Å². The van der Waals surface area contributed by atoms with Crippen molar-refractivity contribution in [1.82, 2.24) is 10.6 Å². The Bertz CT molecular complexity index is 810. The molecule has 1 aromatic carbocycles. The van der Waals surface area contributed by atoms with Crippen LogP contribution < -0.4 is 15.4 Å². The van der Waals surface area contributed by atoms with Gasteiger partial charge in [-0.2, -0.15) is 0 Å². The van der Waals surface area contributed by atoms with E-state index in [0.29, 0.717) is 13.2 Å². The van der Waals surface area contributed by atoms with Gasteiger partial charge in [0.15, 0.2) is 5.96 Å². The summed E-state index contributed by atoms with van der Waals surface area (Å²) in [4.78, 5) is 4.61. The fraction of sp³-hybridized carbons (Fsp3) is 0.667. The fourth-order valence-electron chi connectivity index (χ4n) is 4.09. The quantitative estimate of drug-likeness (QED) is 0.224. The highest BCUT2D eigenvalue weighted by Crippen LogP contribution is 2.46. The number of nitrogens with zero attached hydrogens (tertiary/aromatic N) is 1. The van der Waals surface area contributed by atoms with Crippen LogP contribution in [0.25, 0.3) is 0 Å². The normalized spacial score (nSPS) is 20.2. The highest BCUT2D eigenvalue weighted by molar-refractivity contribution is 14.0. The number of rotatable bonds is 8. The van der Waals surface area contributed by atoms with Crippen LogP contribution in [0.4, 0.5) is 0 Å². The largest absolute Gasteiger partial charge is 0.487 e. The van der Waals surface area contributed by atoms with Gasteiger partial charge in [0.25, 0.3) is 0 Å². The SMILES string of the molecule is CCNC(=NCCOCCS(C)(=O)=O)NC1CC2(CCCC2)Oc2ccccc21.I. The molecule has 3 rings (SSSR count). The molecule has 2 aliphatic rings. The molecule has 7 nitrogen and oxygen atoms in total. The Labute approximate surface area is 197 Å². The maximum Gasteiger partial charge on any atom is 0.191 e. The average Bonchev–Trinajstić information content (AvgIpc) is 3.11. The number of nitrogens with one attached hydrogen (secondary N) is 2. The highest BCUT2D eigenvalue weighted by atomic mass is 127. The van der Waals surface area contributed by atoms with Crippen LogP contribution in [0.5, 0.6) is 5.75 Å². The lowest BCUT2D eigenvalue weighted by Crippen LogP contribution is -2.46. The maximum absolute atomic E-state index is 11.1. The molecule has 2 N–H and O–H groups in total. The molecule has 1 aliphatic heterocycles. The third kappa shape index (κ3) is 7.26. The van der Waals surface area contributed by atoms with E-state index in [2.05, 4.69) is 27.8 Å². The van der Waals surface area contributed by atoms with Crippen LogP contribution in [0.3, 0.4) is 0 Å². The Morgan fingerprint density at radius 2 is 2.00 bits per heavy atom. The first-order chi connectivity index (χ1) is 13.9. The third-order valence-corrected chi connectivity index (χ3v) is 6.38. The van der Waals surface area contributed by atoms with Crippen molar-refractivity contribution in [2.24, 2.45) is 4.99 Å². The summed E-state index contributed by atoms with van der Waals surface area (Å²) in [6.45, 7) is 3.86. The van der Waals surface area contributed by atoms with Gasteiger partial charge in [-0.05, 0) is 38.7 Å². The zero-order chi connectivity index (χ0) is 20.7. The molecule has 0 saturated heterocycles. The molecule has 0 amide bonds. The minimum absolute atomic E-state index is 0. The highest BCUT2D eigenvalue weighted by Gasteiger charge is 2.43. The molecule has 1 aliphatic carbocycles. The minimum Gasteiger partial charge on any atom is -0.487 e. The molecule has 0 bridgehead atoms.